The zero-order valence-electron chi connectivity index (χ0n) is 13.4. The third-order valence-corrected chi connectivity index (χ3v) is 4.26. The molecule has 0 aliphatic rings. The van der Waals surface area contributed by atoms with Crippen LogP contribution in [-0.4, -0.2) is 35.9 Å². The highest BCUT2D eigenvalue weighted by molar-refractivity contribution is 7.89. The Morgan fingerprint density at radius 2 is 1.67 bits per heavy atom. The van der Waals surface area contributed by atoms with Crippen LogP contribution in [0.15, 0.2) is 53.4 Å². The van der Waals surface area contributed by atoms with E-state index in [1.807, 2.05) is 23.1 Å². The fourth-order valence-electron chi connectivity index (χ4n) is 1.88. The van der Waals surface area contributed by atoms with Crippen LogP contribution in [0.5, 0.6) is 17.2 Å². The van der Waals surface area contributed by atoms with Gasteiger partial charge in [0.2, 0.25) is 0 Å². The van der Waals surface area contributed by atoms with Crippen molar-refractivity contribution in [2.45, 2.75) is 4.90 Å². The zero-order chi connectivity index (χ0) is 17.4. The van der Waals surface area contributed by atoms with Crippen molar-refractivity contribution >= 4 is 10.0 Å². The van der Waals surface area contributed by atoms with Gasteiger partial charge >= 0.3 is 0 Å². The molecule has 7 nitrogen and oxygen atoms in total. The summed E-state index contributed by atoms with van der Waals surface area (Å²) in [6.07, 6.45) is 0. The van der Waals surface area contributed by atoms with Gasteiger partial charge in [-0.2, -0.15) is 0 Å². The third kappa shape index (κ3) is 4.85. The summed E-state index contributed by atoms with van der Waals surface area (Å²) in [7, 11) is -1.08. The Kier molecular flexibility index (Phi) is 6.42. The SMILES string of the molecule is COc1ccc(OC)c(S(=O)(=O)NOCCOc2ccccc2)c1. The molecule has 0 saturated carbocycles. The number of rotatable bonds is 9. The first-order chi connectivity index (χ1) is 11.6. The van der Waals surface area contributed by atoms with Crippen LogP contribution in [0.4, 0.5) is 0 Å². The van der Waals surface area contributed by atoms with E-state index in [9.17, 15) is 8.42 Å². The largest absolute Gasteiger partial charge is 0.497 e. The van der Waals surface area contributed by atoms with Crippen molar-refractivity contribution < 1.29 is 27.5 Å². The summed E-state index contributed by atoms with van der Waals surface area (Å²) in [4.78, 5) is 6.96. The number of methoxy groups -OCH3 is 2. The van der Waals surface area contributed by atoms with E-state index in [4.69, 9.17) is 19.0 Å². The summed E-state index contributed by atoms with van der Waals surface area (Å²) in [5, 5.41) is 0. The van der Waals surface area contributed by atoms with Gasteiger partial charge in [-0.25, -0.2) is 8.42 Å². The Labute approximate surface area is 141 Å². The quantitative estimate of drug-likeness (QED) is 0.548. The maximum absolute atomic E-state index is 12.3. The zero-order valence-corrected chi connectivity index (χ0v) is 14.2. The van der Waals surface area contributed by atoms with E-state index in [1.165, 1.54) is 26.4 Å². The molecule has 130 valence electrons. The van der Waals surface area contributed by atoms with Gasteiger partial charge in [0.05, 0.1) is 14.2 Å². The van der Waals surface area contributed by atoms with E-state index in [0.717, 1.165) is 0 Å². The van der Waals surface area contributed by atoms with E-state index >= 15 is 0 Å². The Morgan fingerprint density at radius 3 is 2.33 bits per heavy atom. The van der Waals surface area contributed by atoms with E-state index < -0.39 is 10.0 Å². The van der Waals surface area contributed by atoms with E-state index in [0.29, 0.717) is 11.5 Å². The Balaban J connectivity index is 1.91. The Hall–Kier alpha value is -2.29. The molecule has 0 atom stereocenters. The summed E-state index contributed by atoms with van der Waals surface area (Å²) >= 11 is 0. The van der Waals surface area contributed by atoms with E-state index in [1.54, 1.807) is 18.2 Å². The maximum atomic E-state index is 12.3. The average molecular weight is 353 g/mol. The molecule has 0 radical (unpaired) electrons. The van der Waals surface area contributed by atoms with Crippen molar-refractivity contribution in [2.24, 2.45) is 0 Å². The monoisotopic (exact) mass is 353 g/mol. The van der Waals surface area contributed by atoms with Crippen molar-refractivity contribution in [3.05, 3.63) is 48.5 Å². The summed E-state index contributed by atoms with van der Waals surface area (Å²) in [6, 6.07) is 13.6. The van der Waals surface area contributed by atoms with Crippen LogP contribution < -0.4 is 19.1 Å². The molecule has 0 aliphatic heterocycles. The van der Waals surface area contributed by atoms with Gasteiger partial charge in [-0.3, -0.25) is 4.84 Å². The van der Waals surface area contributed by atoms with Gasteiger partial charge in [-0.1, -0.05) is 23.1 Å². The van der Waals surface area contributed by atoms with Crippen LogP contribution in [0.2, 0.25) is 0 Å². The highest BCUT2D eigenvalue weighted by atomic mass is 32.2. The first-order valence-electron chi connectivity index (χ1n) is 7.10. The molecular weight excluding hydrogens is 334 g/mol. The molecule has 0 amide bonds. The van der Waals surface area contributed by atoms with Crippen LogP contribution in [-0.2, 0) is 14.9 Å². The molecule has 2 rings (SSSR count). The highest BCUT2D eigenvalue weighted by Gasteiger charge is 2.20. The van der Waals surface area contributed by atoms with Crippen molar-refractivity contribution in [1.29, 1.82) is 0 Å². The second-order valence-corrected chi connectivity index (χ2v) is 6.23. The van der Waals surface area contributed by atoms with Gasteiger partial charge < -0.3 is 14.2 Å². The fourth-order valence-corrected chi connectivity index (χ4v) is 2.89. The summed E-state index contributed by atoms with van der Waals surface area (Å²) < 4.78 is 40.1. The molecule has 8 heteroatoms. The van der Waals surface area contributed by atoms with Crippen LogP contribution in [0.3, 0.4) is 0 Å². The van der Waals surface area contributed by atoms with Crippen molar-refractivity contribution in [3.63, 3.8) is 0 Å². The van der Waals surface area contributed by atoms with Gasteiger partial charge in [0.25, 0.3) is 10.0 Å². The lowest BCUT2D eigenvalue weighted by molar-refractivity contribution is 0.0664. The van der Waals surface area contributed by atoms with Crippen LogP contribution in [0, 0.1) is 0 Å². The second-order valence-electron chi connectivity index (χ2n) is 4.61. The van der Waals surface area contributed by atoms with Crippen LogP contribution >= 0.6 is 0 Å². The second kappa shape index (κ2) is 8.53. The lowest BCUT2D eigenvalue weighted by atomic mass is 10.3. The topological polar surface area (TPSA) is 83.1 Å². The smallest absolute Gasteiger partial charge is 0.266 e. The minimum absolute atomic E-state index is 0.0421. The number of hydrogen-bond donors (Lipinski definition) is 1. The molecule has 1 N–H and O–H groups in total. The molecule has 2 aromatic carbocycles. The Bertz CT molecular complexity index is 748. The normalized spacial score (nSPS) is 11.1. The van der Waals surface area contributed by atoms with E-state index in [-0.39, 0.29) is 23.9 Å². The number of sulfonamides is 1. The van der Waals surface area contributed by atoms with Crippen LogP contribution in [0.25, 0.3) is 0 Å². The first kappa shape index (κ1) is 18.1. The summed E-state index contributed by atoms with van der Waals surface area (Å²) in [6.45, 7) is 0.238. The van der Waals surface area contributed by atoms with Crippen molar-refractivity contribution in [2.75, 3.05) is 27.4 Å². The molecule has 0 aliphatic carbocycles. The molecule has 0 bridgehead atoms. The lowest BCUT2D eigenvalue weighted by Gasteiger charge is -2.12. The number of para-hydroxylation sites is 1. The van der Waals surface area contributed by atoms with E-state index in [2.05, 4.69) is 0 Å². The standard InChI is InChI=1S/C16H19NO6S/c1-20-14-8-9-15(21-2)16(12-14)24(18,19)17-23-11-10-22-13-6-4-3-5-7-13/h3-9,12,17H,10-11H2,1-2H3. The molecule has 0 heterocycles. The molecule has 0 saturated heterocycles. The van der Waals surface area contributed by atoms with Crippen molar-refractivity contribution in [3.8, 4) is 17.2 Å². The number of hydrogen-bond acceptors (Lipinski definition) is 6. The summed E-state index contributed by atoms with van der Waals surface area (Å²) in [5.41, 5.74) is 0. The van der Waals surface area contributed by atoms with Crippen molar-refractivity contribution in [1.82, 2.24) is 4.89 Å². The molecule has 0 unspecified atom stereocenters. The minimum Gasteiger partial charge on any atom is -0.497 e. The first-order valence-corrected chi connectivity index (χ1v) is 8.58. The lowest BCUT2D eigenvalue weighted by Crippen LogP contribution is -2.26. The van der Waals surface area contributed by atoms with Gasteiger partial charge in [-0.05, 0) is 24.3 Å². The molecule has 0 aromatic heterocycles. The predicted molar refractivity (Wildman–Crippen MR) is 87.8 cm³/mol. The fraction of sp³-hybridized carbons (Fsp3) is 0.250. The van der Waals surface area contributed by atoms with Gasteiger partial charge in [0, 0.05) is 6.07 Å². The van der Waals surface area contributed by atoms with Gasteiger partial charge in [0.15, 0.2) is 0 Å². The Morgan fingerprint density at radius 1 is 0.917 bits per heavy atom. The molecule has 24 heavy (non-hydrogen) atoms. The molecular formula is C16H19NO6S. The van der Waals surface area contributed by atoms with Crippen LogP contribution in [0.1, 0.15) is 0 Å². The maximum Gasteiger partial charge on any atom is 0.266 e. The third-order valence-electron chi connectivity index (χ3n) is 3.03. The minimum atomic E-state index is -3.91. The highest BCUT2D eigenvalue weighted by Crippen LogP contribution is 2.27. The molecule has 0 fully saturated rings. The van der Waals surface area contributed by atoms with Gasteiger partial charge in [-0.15, -0.1) is 0 Å². The van der Waals surface area contributed by atoms with Gasteiger partial charge in [0.1, 0.15) is 35.4 Å². The predicted octanol–water partition coefficient (Wildman–Crippen LogP) is 1.99. The molecule has 0 spiro atoms. The number of ether oxygens (including phenoxy) is 3. The number of benzene rings is 2. The molecule has 2 aromatic rings. The summed E-state index contributed by atoms with van der Waals surface area (Å²) in [5.74, 6) is 1.26. The average Bonchev–Trinajstić information content (AvgIpc) is 2.61. The number of nitrogens with one attached hydrogen (secondary N) is 1.